The fourth-order valence-corrected chi connectivity index (χ4v) is 2.23. The van der Waals surface area contributed by atoms with Crippen molar-refractivity contribution in [3.05, 3.63) is 65.5 Å². The largest absolute Gasteiger partial charge is 0.331 e. The van der Waals surface area contributed by atoms with Gasteiger partial charge in [0.1, 0.15) is 5.82 Å². The van der Waals surface area contributed by atoms with Gasteiger partial charge in [0.15, 0.2) is 0 Å². The van der Waals surface area contributed by atoms with E-state index in [2.05, 4.69) is 5.32 Å². The molecule has 0 radical (unpaired) electrons. The Morgan fingerprint density at radius 2 is 1.78 bits per heavy atom. The van der Waals surface area contributed by atoms with E-state index in [0.717, 1.165) is 5.56 Å². The van der Waals surface area contributed by atoms with Gasteiger partial charge in [-0.15, -0.1) is 0 Å². The van der Waals surface area contributed by atoms with Crippen molar-refractivity contribution in [1.29, 1.82) is 0 Å². The van der Waals surface area contributed by atoms with Crippen molar-refractivity contribution in [2.45, 2.75) is 19.9 Å². The quantitative estimate of drug-likeness (QED) is 0.884. The summed E-state index contributed by atoms with van der Waals surface area (Å²) in [5, 5.41) is 2.53. The van der Waals surface area contributed by atoms with Gasteiger partial charge in [-0.05, 0) is 43.2 Å². The molecule has 2 aromatic rings. The summed E-state index contributed by atoms with van der Waals surface area (Å²) < 4.78 is 13.1. The van der Waals surface area contributed by atoms with E-state index in [1.807, 2.05) is 37.3 Å². The summed E-state index contributed by atoms with van der Waals surface area (Å²) in [5.74, 6) is -1.78. The zero-order valence-electron chi connectivity index (χ0n) is 13.3. The van der Waals surface area contributed by atoms with Crippen LogP contribution in [0.4, 0.5) is 10.1 Å². The Kier molecular flexibility index (Phi) is 5.11. The highest BCUT2D eigenvalue weighted by Gasteiger charge is 2.24. The zero-order chi connectivity index (χ0) is 17.0. The van der Waals surface area contributed by atoms with Gasteiger partial charge in [0.25, 0.3) is 0 Å². The summed E-state index contributed by atoms with van der Waals surface area (Å²) in [5.41, 5.74) is 1.92. The summed E-state index contributed by atoms with van der Waals surface area (Å²) in [6, 6.07) is 13.2. The summed E-state index contributed by atoms with van der Waals surface area (Å²) in [7, 11) is 1.58. The van der Waals surface area contributed by atoms with Crippen LogP contribution in [-0.4, -0.2) is 23.8 Å². The van der Waals surface area contributed by atoms with Crippen molar-refractivity contribution in [1.82, 2.24) is 4.90 Å². The number of benzene rings is 2. The highest BCUT2D eigenvalue weighted by Crippen LogP contribution is 2.19. The van der Waals surface area contributed by atoms with Crippen LogP contribution < -0.4 is 5.32 Å². The average Bonchev–Trinajstić information content (AvgIpc) is 2.56. The van der Waals surface area contributed by atoms with Gasteiger partial charge < -0.3 is 10.2 Å². The van der Waals surface area contributed by atoms with E-state index in [1.54, 1.807) is 14.0 Å². The second kappa shape index (κ2) is 7.05. The molecule has 120 valence electrons. The SMILES string of the molecule is Cc1cc(F)ccc1NC(=O)C(=O)N(C)[C@@H](C)c1ccccc1. The molecule has 2 aromatic carbocycles. The number of hydrogen-bond acceptors (Lipinski definition) is 2. The standard InChI is InChI=1S/C18H19FN2O2/c1-12-11-15(19)9-10-16(12)20-17(22)18(23)21(3)13(2)14-7-5-4-6-8-14/h4-11,13H,1-3H3,(H,20,22)/t13-/m0/s1. The Hall–Kier alpha value is -2.69. The van der Waals surface area contributed by atoms with Crippen LogP contribution >= 0.6 is 0 Å². The van der Waals surface area contributed by atoms with E-state index in [-0.39, 0.29) is 11.9 Å². The van der Waals surface area contributed by atoms with Gasteiger partial charge in [-0.3, -0.25) is 9.59 Å². The molecule has 2 rings (SSSR count). The first-order chi connectivity index (χ1) is 10.9. The van der Waals surface area contributed by atoms with Crippen LogP contribution in [0.3, 0.4) is 0 Å². The molecule has 0 heterocycles. The van der Waals surface area contributed by atoms with Gasteiger partial charge in [0, 0.05) is 12.7 Å². The van der Waals surface area contributed by atoms with Crippen LogP contribution in [0.15, 0.2) is 48.5 Å². The Morgan fingerprint density at radius 1 is 1.13 bits per heavy atom. The number of rotatable bonds is 3. The van der Waals surface area contributed by atoms with Crippen molar-refractivity contribution in [2.24, 2.45) is 0 Å². The van der Waals surface area contributed by atoms with E-state index >= 15 is 0 Å². The van der Waals surface area contributed by atoms with Gasteiger partial charge in [-0.1, -0.05) is 30.3 Å². The van der Waals surface area contributed by atoms with E-state index in [9.17, 15) is 14.0 Å². The van der Waals surface area contributed by atoms with Crippen LogP contribution in [0, 0.1) is 12.7 Å². The lowest BCUT2D eigenvalue weighted by atomic mass is 10.1. The fourth-order valence-electron chi connectivity index (χ4n) is 2.23. The molecule has 0 aliphatic heterocycles. The molecule has 0 aliphatic rings. The van der Waals surface area contributed by atoms with Gasteiger partial charge in [0.05, 0.1) is 6.04 Å². The Morgan fingerprint density at radius 3 is 2.39 bits per heavy atom. The minimum absolute atomic E-state index is 0.233. The molecular weight excluding hydrogens is 295 g/mol. The number of likely N-dealkylation sites (N-methyl/N-ethyl adjacent to an activating group) is 1. The van der Waals surface area contributed by atoms with Gasteiger partial charge in [-0.2, -0.15) is 0 Å². The summed E-state index contributed by atoms with van der Waals surface area (Å²) in [6.45, 7) is 3.52. The van der Waals surface area contributed by atoms with Gasteiger partial charge in [-0.25, -0.2) is 4.39 Å². The maximum absolute atomic E-state index is 13.1. The van der Waals surface area contributed by atoms with Crippen molar-refractivity contribution in [2.75, 3.05) is 12.4 Å². The number of anilines is 1. The molecule has 5 heteroatoms. The first-order valence-corrected chi connectivity index (χ1v) is 7.29. The molecule has 0 aliphatic carbocycles. The van der Waals surface area contributed by atoms with Crippen molar-refractivity contribution >= 4 is 17.5 Å². The lowest BCUT2D eigenvalue weighted by molar-refractivity contribution is -0.143. The van der Waals surface area contributed by atoms with Crippen LogP contribution in [0.2, 0.25) is 0 Å². The first-order valence-electron chi connectivity index (χ1n) is 7.29. The van der Waals surface area contributed by atoms with Gasteiger partial charge >= 0.3 is 11.8 Å². The molecular formula is C18H19FN2O2. The minimum atomic E-state index is -0.745. The Balaban J connectivity index is 2.08. The molecule has 1 N–H and O–H groups in total. The predicted octanol–water partition coefficient (Wildman–Crippen LogP) is 3.29. The summed E-state index contributed by atoms with van der Waals surface area (Å²) in [4.78, 5) is 25.8. The monoisotopic (exact) mass is 314 g/mol. The Bertz CT molecular complexity index is 716. The number of aryl methyl sites for hydroxylation is 1. The van der Waals surface area contributed by atoms with E-state index in [0.29, 0.717) is 11.3 Å². The lowest BCUT2D eigenvalue weighted by Gasteiger charge is -2.24. The molecule has 0 aromatic heterocycles. The van der Waals surface area contributed by atoms with Crippen LogP contribution in [0.25, 0.3) is 0 Å². The van der Waals surface area contributed by atoms with Crippen LogP contribution in [-0.2, 0) is 9.59 Å². The molecule has 4 nitrogen and oxygen atoms in total. The third-order valence-electron chi connectivity index (χ3n) is 3.81. The number of carbonyl (C=O) groups is 2. The number of hydrogen-bond donors (Lipinski definition) is 1. The minimum Gasteiger partial charge on any atom is -0.331 e. The highest BCUT2D eigenvalue weighted by molar-refractivity contribution is 6.39. The smallest absolute Gasteiger partial charge is 0.313 e. The number of carbonyl (C=O) groups excluding carboxylic acids is 2. The first kappa shape index (κ1) is 16.7. The molecule has 2 amide bonds. The molecule has 0 saturated carbocycles. The molecule has 0 fully saturated rings. The van der Waals surface area contributed by atoms with Crippen molar-refractivity contribution < 1.29 is 14.0 Å². The third kappa shape index (κ3) is 3.94. The highest BCUT2D eigenvalue weighted by atomic mass is 19.1. The molecule has 0 saturated heterocycles. The normalized spacial score (nSPS) is 11.7. The second-order valence-electron chi connectivity index (χ2n) is 5.42. The number of nitrogens with zero attached hydrogens (tertiary/aromatic N) is 1. The van der Waals surface area contributed by atoms with Crippen molar-refractivity contribution in [3.63, 3.8) is 0 Å². The Labute approximate surface area is 134 Å². The van der Waals surface area contributed by atoms with Gasteiger partial charge in [0.2, 0.25) is 0 Å². The van der Waals surface area contributed by atoms with Crippen molar-refractivity contribution in [3.8, 4) is 0 Å². The molecule has 23 heavy (non-hydrogen) atoms. The number of nitrogens with one attached hydrogen (secondary N) is 1. The maximum atomic E-state index is 13.1. The van der Waals surface area contributed by atoms with E-state index in [1.165, 1.54) is 23.1 Å². The molecule has 1 atom stereocenters. The summed E-state index contributed by atoms with van der Waals surface area (Å²) in [6.07, 6.45) is 0. The predicted molar refractivity (Wildman–Crippen MR) is 87.4 cm³/mol. The fraction of sp³-hybridized carbons (Fsp3) is 0.222. The van der Waals surface area contributed by atoms with Crippen LogP contribution in [0.1, 0.15) is 24.1 Å². The van der Waals surface area contributed by atoms with Crippen LogP contribution in [0.5, 0.6) is 0 Å². The molecule has 0 unspecified atom stereocenters. The average molecular weight is 314 g/mol. The third-order valence-corrected chi connectivity index (χ3v) is 3.81. The van der Waals surface area contributed by atoms with E-state index < -0.39 is 11.8 Å². The topological polar surface area (TPSA) is 49.4 Å². The van der Waals surface area contributed by atoms with E-state index in [4.69, 9.17) is 0 Å². The maximum Gasteiger partial charge on any atom is 0.313 e. The second-order valence-corrected chi connectivity index (χ2v) is 5.42. The number of amides is 2. The summed E-state index contributed by atoms with van der Waals surface area (Å²) >= 11 is 0. The molecule has 0 bridgehead atoms. The molecule has 0 spiro atoms. The lowest BCUT2D eigenvalue weighted by Crippen LogP contribution is -2.38. The number of halogens is 1. The zero-order valence-corrected chi connectivity index (χ0v) is 13.3.